The van der Waals surface area contributed by atoms with Crippen molar-refractivity contribution in [2.45, 2.75) is 18.6 Å². The highest BCUT2D eigenvalue weighted by Crippen LogP contribution is 2.31. The van der Waals surface area contributed by atoms with Crippen molar-refractivity contribution in [3.63, 3.8) is 0 Å². The molecule has 166 valence electrons. The van der Waals surface area contributed by atoms with Gasteiger partial charge in [0.25, 0.3) is 11.5 Å². The fraction of sp³-hybridized carbons (Fsp3) is 0.167. The van der Waals surface area contributed by atoms with Crippen LogP contribution in [0.1, 0.15) is 27.6 Å². The Morgan fingerprint density at radius 3 is 2.64 bits per heavy atom. The fourth-order valence-electron chi connectivity index (χ4n) is 4.06. The van der Waals surface area contributed by atoms with Crippen molar-refractivity contribution >= 4 is 17.5 Å². The van der Waals surface area contributed by atoms with Gasteiger partial charge in [0.15, 0.2) is 0 Å². The highest BCUT2D eigenvalue weighted by molar-refractivity contribution is 6.30. The number of amides is 1. The molecule has 2 aromatic carbocycles. The molecule has 1 amide bonds. The van der Waals surface area contributed by atoms with E-state index in [0.29, 0.717) is 28.4 Å². The van der Waals surface area contributed by atoms with Crippen LogP contribution in [-0.4, -0.2) is 36.6 Å². The minimum Gasteiger partial charge on any atom is -0.386 e. The normalized spacial score (nSPS) is 17.1. The molecular formula is C24H20ClN5O3. The first-order valence-corrected chi connectivity index (χ1v) is 10.7. The van der Waals surface area contributed by atoms with Crippen molar-refractivity contribution in [2.24, 2.45) is 7.05 Å². The highest BCUT2D eigenvalue weighted by Gasteiger charge is 2.32. The van der Waals surface area contributed by atoms with Gasteiger partial charge in [-0.1, -0.05) is 48.0 Å². The van der Waals surface area contributed by atoms with E-state index in [4.69, 9.17) is 11.6 Å². The SMILES string of the molecule is Cn1cc(-n2nc(-c3ccc(Cl)cc3)cc(C(=O)N[C@@H]3Cc4ccccc4[C@@H]3O)c2=O)cn1. The van der Waals surface area contributed by atoms with E-state index in [-0.39, 0.29) is 5.56 Å². The number of rotatable bonds is 4. The summed E-state index contributed by atoms with van der Waals surface area (Å²) < 4.78 is 2.70. The van der Waals surface area contributed by atoms with Gasteiger partial charge in [-0.3, -0.25) is 14.3 Å². The average Bonchev–Trinajstić information content (AvgIpc) is 3.38. The van der Waals surface area contributed by atoms with Crippen molar-refractivity contribution in [2.75, 3.05) is 0 Å². The molecule has 2 atom stereocenters. The number of fused-ring (bicyclic) bond motifs is 1. The summed E-state index contributed by atoms with van der Waals surface area (Å²) in [4.78, 5) is 26.5. The minimum atomic E-state index is -0.844. The largest absolute Gasteiger partial charge is 0.386 e. The molecule has 0 bridgehead atoms. The van der Waals surface area contributed by atoms with E-state index < -0.39 is 23.6 Å². The number of hydrogen-bond donors (Lipinski definition) is 2. The molecule has 0 aliphatic heterocycles. The number of aromatic nitrogens is 4. The van der Waals surface area contributed by atoms with Crippen LogP contribution in [0.25, 0.3) is 16.9 Å². The first-order valence-electron chi connectivity index (χ1n) is 10.4. The molecule has 9 heteroatoms. The molecule has 0 saturated carbocycles. The Labute approximate surface area is 194 Å². The van der Waals surface area contributed by atoms with Crippen molar-refractivity contribution in [3.8, 4) is 16.9 Å². The van der Waals surface area contributed by atoms with Crippen LogP contribution in [0.5, 0.6) is 0 Å². The van der Waals surface area contributed by atoms with Gasteiger partial charge >= 0.3 is 0 Å². The molecule has 0 unspecified atom stereocenters. The Bertz CT molecular complexity index is 1410. The number of aryl methyl sites for hydroxylation is 1. The number of carbonyl (C=O) groups excluding carboxylic acids is 1. The van der Waals surface area contributed by atoms with Gasteiger partial charge in [0.2, 0.25) is 0 Å². The number of hydrogen-bond acceptors (Lipinski definition) is 5. The highest BCUT2D eigenvalue weighted by atomic mass is 35.5. The molecule has 2 aromatic heterocycles. The van der Waals surface area contributed by atoms with Gasteiger partial charge < -0.3 is 10.4 Å². The molecular weight excluding hydrogens is 442 g/mol. The van der Waals surface area contributed by atoms with Crippen LogP contribution >= 0.6 is 11.6 Å². The summed E-state index contributed by atoms with van der Waals surface area (Å²) in [5.74, 6) is -0.577. The lowest BCUT2D eigenvalue weighted by molar-refractivity contribution is 0.0856. The quantitative estimate of drug-likeness (QED) is 0.486. The van der Waals surface area contributed by atoms with E-state index >= 15 is 0 Å². The molecule has 1 aliphatic carbocycles. The Kier molecular flexibility index (Phi) is 5.32. The van der Waals surface area contributed by atoms with Crippen LogP contribution in [0, 0.1) is 0 Å². The van der Waals surface area contributed by atoms with Gasteiger partial charge in [-0.25, -0.2) is 0 Å². The van der Waals surface area contributed by atoms with E-state index in [0.717, 1.165) is 15.8 Å². The molecule has 5 rings (SSSR count). The monoisotopic (exact) mass is 461 g/mol. The number of halogens is 1. The van der Waals surface area contributed by atoms with E-state index in [1.807, 2.05) is 24.3 Å². The fourth-order valence-corrected chi connectivity index (χ4v) is 4.19. The number of nitrogens with one attached hydrogen (secondary N) is 1. The first kappa shape index (κ1) is 21.1. The summed E-state index contributed by atoms with van der Waals surface area (Å²) >= 11 is 6.01. The summed E-state index contributed by atoms with van der Waals surface area (Å²) in [7, 11) is 1.73. The lowest BCUT2D eigenvalue weighted by Crippen LogP contribution is -2.41. The van der Waals surface area contributed by atoms with E-state index in [9.17, 15) is 14.7 Å². The topological polar surface area (TPSA) is 102 Å². The van der Waals surface area contributed by atoms with Crippen LogP contribution in [0.4, 0.5) is 0 Å². The zero-order valence-electron chi connectivity index (χ0n) is 17.6. The second-order valence-corrected chi connectivity index (χ2v) is 8.40. The Morgan fingerprint density at radius 1 is 1.18 bits per heavy atom. The third-order valence-corrected chi connectivity index (χ3v) is 6.00. The number of carbonyl (C=O) groups is 1. The lowest BCUT2D eigenvalue weighted by atomic mass is 10.1. The van der Waals surface area contributed by atoms with Gasteiger partial charge in [0.05, 0.1) is 30.2 Å². The third-order valence-electron chi connectivity index (χ3n) is 5.74. The van der Waals surface area contributed by atoms with E-state index in [1.165, 1.54) is 12.3 Å². The Morgan fingerprint density at radius 2 is 1.94 bits per heavy atom. The first-order chi connectivity index (χ1) is 15.9. The van der Waals surface area contributed by atoms with Crippen molar-refractivity contribution in [1.29, 1.82) is 0 Å². The van der Waals surface area contributed by atoms with Crippen LogP contribution in [-0.2, 0) is 13.5 Å². The molecule has 2 heterocycles. The maximum Gasteiger partial charge on any atom is 0.284 e. The van der Waals surface area contributed by atoms with Crippen molar-refractivity contribution in [3.05, 3.63) is 99.1 Å². The predicted molar refractivity (Wildman–Crippen MR) is 123 cm³/mol. The molecule has 33 heavy (non-hydrogen) atoms. The average molecular weight is 462 g/mol. The van der Waals surface area contributed by atoms with Crippen LogP contribution in [0.15, 0.2) is 71.8 Å². The van der Waals surface area contributed by atoms with Crippen LogP contribution < -0.4 is 10.9 Å². The molecule has 1 aliphatic rings. The molecule has 0 radical (unpaired) electrons. The summed E-state index contributed by atoms with van der Waals surface area (Å²) in [6, 6.07) is 15.4. The number of nitrogens with zero attached hydrogens (tertiary/aromatic N) is 4. The zero-order valence-corrected chi connectivity index (χ0v) is 18.4. The molecule has 0 spiro atoms. The number of benzene rings is 2. The molecule has 2 N–H and O–H groups in total. The van der Waals surface area contributed by atoms with Crippen molar-refractivity contribution in [1.82, 2.24) is 24.9 Å². The van der Waals surface area contributed by atoms with Crippen LogP contribution in [0.2, 0.25) is 5.02 Å². The zero-order chi connectivity index (χ0) is 23.1. The molecule has 8 nitrogen and oxygen atoms in total. The summed E-state index contributed by atoms with van der Waals surface area (Å²) in [5.41, 5.74) is 2.65. The standard InChI is InChI=1S/C24H20ClN5O3/c1-29-13-17(12-26-29)30-24(33)19(11-20(28-30)14-6-8-16(25)9-7-14)23(32)27-21-10-15-4-2-3-5-18(15)22(21)31/h2-9,11-13,21-22,31H,10H2,1H3,(H,27,32)/t21-,22+/m1/s1. The predicted octanol–water partition coefficient (Wildman–Crippen LogP) is 2.67. The van der Waals surface area contributed by atoms with Gasteiger partial charge in [-0.15, -0.1) is 0 Å². The van der Waals surface area contributed by atoms with Gasteiger partial charge in [-0.05, 0) is 35.7 Å². The third kappa shape index (κ3) is 3.94. The van der Waals surface area contributed by atoms with Crippen molar-refractivity contribution < 1.29 is 9.90 Å². The van der Waals surface area contributed by atoms with Gasteiger partial charge in [0, 0.05) is 17.6 Å². The summed E-state index contributed by atoms with van der Waals surface area (Å²) in [6.45, 7) is 0. The maximum absolute atomic E-state index is 13.3. The molecule has 0 fully saturated rings. The lowest BCUT2D eigenvalue weighted by Gasteiger charge is -2.17. The second-order valence-electron chi connectivity index (χ2n) is 7.97. The molecule has 4 aromatic rings. The summed E-state index contributed by atoms with van der Waals surface area (Å²) in [5, 5.41) is 22.6. The van der Waals surface area contributed by atoms with E-state index in [2.05, 4.69) is 15.5 Å². The number of aliphatic hydroxyl groups excluding tert-OH is 1. The Balaban J connectivity index is 1.55. The van der Waals surface area contributed by atoms with Crippen LogP contribution in [0.3, 0.4) is 0 Å². The molecule has 0 saturated heterocycles. The second kappa shape index (κ2) is 8.31. The van der Waals surface area contributed by atoms with E-state index in [1.54, 1.807) is 42.2 Å². The smallest absolute Gasteiger partial charge is 0.284 e. The maximum atomic E-state index is 13.3. The Hall–Kier alpha value is -3.75. The minimum absolute atomic E-state index is 0.0815. The number of aliphatic hydroxyl groups is 1. The van der Waals surface area contributed by atoms with Gasteiger partial charge in [-0.2, -0.15) is 14.9 Å². The van der Waals surface area contributed by atoms with Gasteiger partial charge in [0.1, 0.15) is 11.3 Å². The summed E-state index contributed by atoms with van der Waals surface area (Å²) in [6.07, 6.45) is 2.77.